The number of rotatable bonds is 10. The number of hydrogen-bond donors (Lipinski definition) is 1. The van der Waals surface area contributed by atoms with Crippen LogP contribution in [-0.2, 0) is 19.1 Å². The van der Waals surface area contributed by atoms with E-state index in [0.29, 0.717) is 18.2 Å². The van der Waals surface area contributed by atoms with Gasteiger partial charge in [-0.2, -0.15) is 0 Å². The third-order valence-corrected chi connectivity index (χ3v) is 6.16. The van der Waals surface area contributed by atoms with Crippen LogP contribution in [0.1, 0.15) is 101 Å². The number of piperidine rings is 1. The van der Waals surface area contributed by atoms with Crippen molar-refractivity contribution in [3.8, 4) is 0 Å². The molecule has 0 aliphatic carbocycles. The molecule has 0 radical (unpaired) electrons. The van der Waals surface area contributed by atoms with E-state index in [0.717, 1.165) is 38.6 Å². The van der Waals surface area contributed by atoms with Gasteiger partial charge in [0.1, 0.15) is 6.04 Å². The Hall–Kier alpha value is -1.89. The second kappa shape index (κ2) is 16.7. The molecule has 7 nitrogen and oxygen atoms in total. The smallest absolute Gasteiger partial charge is 0.333 e. The molecule has 1 saturated heterocycles. The van der Waals surface area contributed by atoms with Crippen LogP contribution in [0.2, 0.25) is 0 Å². The molecule has 0 aromatic heterocycles. The number of esters is 1. The first kappa shape index (κ1) is 33.1. The highest BCUT2D eigenvalue weighted by Gasteiger charge is 2.38. The first-order chi connectivity index (χ1) is 16.3. The van der Waals surface area contributed by atoms with Gasteiger partial charge in [0.15, 0.2) is 0 Å². The van der Waals surface area contributed by atoms with Gasteiger partial charge in [0.25, 0.3) is 0 Å². The van der Waals surface area contributed by atoms with Crippen LogP contribution in [0.5, 0.6) is 0 Å². The molecule has 35 heavy (non-hydrogen) atoms. The van der Waals surface area contributed by atoms with Gasteiger partial charge >= 0.3 is 5.97 Å². The topological polar surface area (TPSA) is 79.0 Å². The number of likely N-dealkylation sites (N-methyl/N-ethyl adjacent to an activating group) is 1. The van der Waals surface area contributed by atoms with E-state index in [1.54, 1.807) is 31.9 Å². The molecule has 7 heteroatoms. The molecule has 3 atom stereocenters. The fourth-order valence-electron chi connectivity index (χ4n) is 4.15. The Bertz CT molecular complexity index is 684. The molecule has 204 valence electrons. The third kappa shape index (κ3) is 11.6. The van der Waals surface area contributed by atoms with Crippen molar-refractivity contribution in [2.45, 2.75) is 119 Å². The van der Waals surface area contributed by atoms with E-state index >= 15 is 0 Å². The van der Waals surface area contributed by atoms with E-state index < -0.39 is 11.5 Å². The second-order valence-corrected chi connectivity index (χ2v) is 10.7. The summed E-state index contributed by atoms with van der Waals surface area (Å²) in [6.07, 6.45) is 8.03. The van der Waals surface area contributed by atoms with E-state index in [4.69, 9.17) is 4.74 Å². The standard InChI is InChI=1S/C25H45N3O4.C3H8/c1-9-13-19(4)28-16-12-11-14-20(28)22(29)26-21(25(5,6)7)23(30)27(8)17-15-18(3)24(31)32-10-2;1-3-2/h15,19-21H,9-14,16-17H2,1-8H3,(H,26,29);3H2,1-2H3/b18-15+;. The first-order valence-electron chi connectivity index (χ1n) is 13.5. The minimum atomic E-state index is -0.651. The van der Waals surface area contributed by atoms with Gasteiger partial charge in [-0.3, -0.25) is 14.5 Å². The Balaban J connectivity index is 0.00000365. The van der Waals surface area contributed by atoms with Gasteiger partial charge in [-0.25, -0.2) is 4.79 Å². The van der Waals surface area contributed by atoms with Crippen LogP contribution in [0, 0.1) is 5.41 Å². The van der Waals surface area contributed by atoms with Crippen molar-refractivity contribution in [1.82, 2.24) is 15.1 Å². The Kier molecular flexibility index (Phi) is 15.8. The molecule has 1 fully saturated rings. The maximum Gasteiger partial charge on any atom is 0.333 e. The molecule has 0 saturated carbocycles. The van der Waals surface area contributed by atoms with Crippen LogP contribution >= 0.6 is 0 Å². The quantitative estimate of drug-likeness (QED) is 0.343. The van der Waals surface area contributed by atoms with E-state index in [1.165, 1.54) is 6.42 Å². The number of amides is 2. The Labute approximate surface area is 215 Å². The normalized spacial score (nSPS) is 18.6. The van der Waals surface area contributed by atoms with Gasteiger partial charge in [0.2, 0.25) is 11.8 Å². The van der Waals surface area contributed by atoms with Crippen LogP contribution in [-0.4, -0.2) is 72.5 Å². The summed E-state index contributed by atoms with van der Waals surface area (Å²) in [5.74, 6) is -0.608. The van der Waals surface area contributed by atoms with Gasteiger partial charge < -0.3 is 15.0 Å². The lowest BCUT2D eigenvalue weighted by Crippen LogP contribution is -2.59. The van der Waals surface area contributed by atoms with Crippen LogP contribution in [0.25, 0.3) is 0 Å². The van der Waals surface area contributed by atoms with Crippen molar-refractivity contribution in [1.29, 1.82) is 0 Å². The zero-order chi connectivity index (χ0) is 27.2. The predicted octanol–water partition coefficient (Wildman–Crippen LogP) is 4.94. The van der Waals surface area contributed by atoms with Crippen molar-refractivity contribution >= 4 is 17.8 Å². The number of nitrogens with one attached hydrogen (secondary N) is 1. The van der Waals surface area contributed by atoms with Crippen LogP contribution in [0.15, 0.2) is 11.6 Å². The van der Waals surface area contributed by atoms with Crippen LogP contribution in [0.4, 0.5) is 0 Å². The van der Waals surface area contributed by atoms with Crippen molar-refractivity contribution < 1.29 is 19.1 Å². The number of carbonyl (C=O) groups is 3. The third-order valence-electron chi connectivity index (χ3n) is 6.16. The maximum absolute atomic E-state index is 13.3. The summed E-state index contributed by atoms with van der Waals surface area (Å²) in [7, 11) is 1.69. The fourth-order valence-corrected chi connectivity index (χ4v) is 4.15. The Morgan fingerprint density at radius 2 is 1.74 bits per heavy atom. The lowest BCUT2D eigenvalue weighted by Gasteiger charge is -2.41. The summed E-state index contributed by atoms with van der Waals surface area (Å²) in [5, 5.41) is 3.08. The van der Waals surface area contributed by atoms with E-state index in [1.807, 2.05) is 20.8 Å². The van der Waals surface area contributed by atoms with Crippen LogP contribution in [0.3, 0.4) is 0 Å². The summed E-state index contributed by atoms with van der Waals surface area (Å²) in [6, 6.07) is -0.501. The van der Waals surface area contributed by atoms with Gasteiger partial charge in [-0.1, -0.05) is 66.9 Å². The molecule has 3 unspecified atom stereocenters. The number of likely N-dealkylation sites (tertiary alicyclic amines) is 1. The molecular formula is C28H53N3O4. The molecule has 1 aliphatic rings. The average molecular weight is 496 g/mol. The molecule has 0 aromatic carbocycles. The van der Waals surface area contributed by atoms with Crippen LogP contribution < -0.4 is 5.32 Å². The molecule has 1 N–H and O–H groups in total. The Morgan fingerprint density at radius 1 is 1.14 bits per heavy atom. The summed E-state index contributed by atoms with van der Waals surface area (Å²) in [4.78, 5) is 42.3. The minimum absolute atomic E-state index is 0.0624. The number of ether oxygens (including phenoxy) is 1. The van der Waals surface area contributed by atoms with E-state index in [9.17, 15) is 14.4 Å². The molecule has 1 heterocycles. The number of carbonyl (C=O) groups excluding carboxylic acids is 3. The highest BCUT2D eigenvalue weighted by Crippen LogP contribution is 2.25. The number of nitrogens with zero attached hydrogens (tertiary/aromatic N) is 2. The van der Waals surface area contributed by atoms with Gasteiger partial charge in [0, 0.05) is 25.2 Å². The van der Waals surface area contributed by atoms with Crippen molar-refractivity contribution in [2.75, 3.05) is 26.7 Å². The highest BCUT2D eigenvalue weighted by molar-refractivity contribution is 5.91. The summed E-state index contributed by atoms with van der Waals surface area (Å²) in [5.41, 5.74) is 0.0145. The van der Waals surface area contributed by atoms with Crippen molar-refractivity contribution in [2.24, 2.45) is 5.41 Å². The molecular weight excluding hydrogens is 442 g/mol. The SMILES string of the molecule is CCC.CCCC(C)N1CCCCC1C(=O)NC(C(=O)N(C)C/C=C(\C)C(=O)OCC)C(C)(C)C. The lowest BCUT2D eigenvalue weighted by molar-refractivity contribution is -0.140. The summed E-state index contributed by atoms with van der Waals surface area (Å²) >= 11 is 0. The Morgan fingerprint density at radius 3 is 2.26 bits per heavy atom. The van der Waals surface area contributed by atoms with Crippen molar-refractivity contribution in [3.05, 3.63) is 11.6 Å². The van der Waals surface area contributed by atoms with Crippen molar-refractivity contribution in [3.63, 3.8) is 0 Å². The minimum Gasteiger partial charge on any atom is -0.463 e. The monoisotopic (exact) mass is 495 g/mol. The van der Waals surface area contributed by atoms with E-state index in [2.05, 4.69) is 37.9 Å². The zero-order valence-electron chi connectivity index (χ0n) is 24.2. The molecule has 1 aliphatic heterocycles. The molecule has 0 spiro atoms. The summed E-state index contributed by atoms with van der Waals surface area (Å²) in [6.45, 7) is 19.4. The number of hydrogen-bond acceptors (Lipinski definition) is 5. The lowest BCUT2D eigenvalue weighted by atomic mass is 9.85. The molecule has 0 bridgehead atoms. The highest BCUT2D eigenvalue weighted by atomic mass is 16.5. The first-order valence-corrected chi connectivity index (χ1v) is 13.5. The largest absolute Gasteiger partial charge is 0.463 e. The zero-order valence-corrected chi connectivity index (χ0v) is 24.2. The van der Waals surface area contributed by atoms with Gasteiger partial charge in [0.05, 0.1) is 12.6 Å². The average Bonchev–Trinajstić information content (AvgIpc) is 2.80. The molecule has 0 aromatic rings. The fraction of sp³-hybridized carbons (Fsp3) is 0.821. The molecule has 2 amide bonds. The molecule has 1 rings (SSSR count). The maximum atomic E-state index is 13.3. The summed E-state index contributed by atoms with van der Waals surface area (Å²) < 4.78 is 4.99. The van der Waals surface area contributed by atoms with Gasteiger partial charge in [-0.05, 0) is 52.0 Å². The predicted molar refractivity (Wildman–Crippen MR) is 144 cm³/mol. The van der Waals surface area contributed by atoms with E-state index in [-0.39, 0.29) is 30.4 Å². The van der Waals surface area contributed by atoms with Gasteiger partial charge in [-0.15, -0.1) is 0 Å². The second-order valence-electron chi connectivity index (χ2n) is 10.7.